The molecule has 2 fully saturated rings. The Labute approximate surface area is 108 Å². The van der Waals surface area contributed by atoms with Gasteiger partial charge in [-0.2, -0.15) is 0 Å². The summed E-state index contributed by atoms with van der Waals surface area (Å²) in [5.41, 5.74) is 0.298. The molecule has 0 radical (unpaired) electrons. The second-order valence-corrected chi connectivity index (χ2v) is 7.55. The van der Waals surface area contributed by atoms with Crippen LogP contribution in [0.4, 0.5) is 0 Å². The average Bonchev–Trinajstić information content (AvgIpc) is 2.65. The first kappa shape index (κ1) is 12.9. The Morgan fingerprint density at radius 3 is 2.62 bits per heavy atom. The van der Waals surface area contributed by atoms with Gasteiger partial charge in [-0.15, -0.1) is 0 Å². The molecule has 3 unspecified atom stereocenters. The second kappa shape index (κ2) is 5.39. The fourth-order valence-corrected chi connectivity index (χ4v) is 4.21. The van der Waals surface area contributed by atoms with E-state index in [1.807, 2.05) is 0 Å². The number of hydrogen-bond acceptors (Lipinski definition) is 1. The molecule has 16 heavy (non-hydrogen) atoms. The Balaban J connectivity index is 1.90. The van der Waals surface area contributed by atoms with Gasteiger partial charge in [-0.25, -0.2) is 0 Å². The van der Waals surface area contributed by atoms with E-state index in [9.17, 15) is 0 Å². The van der Waals surface area contributed by atoms with E-state index in [1.54, 1.807) is 0 Å². The zero-order valence-corrected chi connectivity index (χ0v) is 12.3. The minimum absolute atomic E-state index is 0.298. The normalized spacial score (nSPS) is 32.8. The van der Waals surface area contributed by atoms with E-state index in [2.05, 4.69) is 29.8 Å². The van der Waals surface area contributed by atoms with Crippen LogP contribution >= 0.6 is 15.9 Å². The predicted octanol–water partition coefficient (Wildman–Crippen LogP) is 4.54. The fraction of sp³-hybridized carbons (Fsp3) is 1.00. The second-order valence-electron chi connectivity index (χ2n) is 5.99. The highest BCUT2D eigenvalue weighted by atomic mass is 79.9. The van der Waals surface area contributed by atoms with E-state index in [4.69, 9.17) is 4.74 Å². The lowest BCUT2D eigenvalue weighted by Crippen LogP contribution is -2.39. The van der Waals surface area contributed by atoms with E-state index in [0.717, 1.165) is 18.4 Å². The highest BCUT2D eigenvalue weighted by Gasteiger charge is 2.41. The van der Waals surface area contributed by atoms with E-state index < -0.39 is 0 Å². The molecule has 0 bridgehead atoms. The number of alkyl halides is 1. The largest absolute Gasteiger partial charge is 0.375 e. The van der Waals surface area contributed by atoms with Crippen molar-refractivity contribution in [2.24, 2.45) is 11.8 Å². The molecule has 2 rings (SSSR count). The van der Waals surface area contributed by atoms with Gasteiger partial charge in [0.2, 0.25) is 0 Å². The van der Waals surface area contributed by atoms with E-state index >= 15 is 0 Å². The molecule has 1 nitrogen and oxygen atoms in total. The summed E-state index contributed by atoms with van der Waals surface area (Å²) < 4.78 is 6.10. The minimum Gasteiger partial charge on any atom is -0.375 e. The van der Waals surface area contributed by atoms with Crippen molar-refractivity contribution in [2.45, 2.75) is 69.2 Å². The van der Waals surface area contributed by atoms with Crippen LogP contribution in [0.2, 0.25) is 0 Å². The maximum Gasteiger partial charge on any atom is 0.0685 e. The van der Waals surface area contributed by atoms with Crippen LogP contribution in [-0.4, -0.2) is 17.0 Å². The Kier molecular flexibility index (Phi) is 4.34. The van der Waals surface area contributed by atoms with Gasteiger partial charge in [-0.05, 0) is 43.9 Å². The Bertz CT molecular complexity index is 221. The topological polar surface area (TPSA) is 9.23 Å². The van der Waals surface area contributed by atoms with Gasteiger partial charge in [0.25, 0.3) is 0 Å². The molecule has 1 aliphatic heterocycles. The van der Waals surface area contributed by atoms with Gasteiger partial charge in [0.1, 0.15) is 0 Å². The van der Waals surface area contributed by atoms with Gasteiger partial charge >= 0.3 is 0 Å². The zero-order valence-electron chi connectivity index (χ0n) is 10.7. The molecule has 1 saturated heterocycles. The van der Waals surface area contributed by atoms with Gasteiger partial charge < -0.3 is 4.74 Å². The highest BCUT2D eigenvalue weighted by molar-refractivity contribution is 9.09. The molecule has 94 valence electrons. The lowest BCUT2D eigenvalue weighted by Gasteiger charge is -2.41. The molecule has 3 atom stereocenters. The van der Waals surface area contributed by atoms with Crippen LogP contribution in [0.5, 0.6) is 0 Å². The summed E-state index contributed by atoms with van der Waals surface area (Å²) in [5, 5.41) is 0. The number of ether oxygens (including phenoxy) is 1. The average molecular weight is 289 g/mol. The van der Waals surface area contributed by atoms with Gasteiger partial charge in [0.15, 0.2) is 0 Å². The molecule has 0 aromatic rings. The summed E-state index contributed by atoms with van der Waals surface area (Å²) in [6.07, 6.45) is 9.32. The highest BCUT2D eigenvalue weighted by Crippen LogP contribution is 2.44. The van der Waals surface area contributed by atoms with Crippen LogP contribution in [0.25, 0.3) is 0 Å². The van der Waals surface area contributed by atoms with Crippen LogP contribution < -0.4 is 0 Å². The summed E-state index contributed by atoms with van der Waals surface area (Å²) in [4.78, 5) is 0.657. The first-order valence-corrected chi connectivity index (χ1v) is 7.81. The van der Waals surface area contributed by atoms with Crippen LogP contribution in [0, 0.1) is 11.8 Å². The maximum atomic E-state index is 6.10. The number of hydrogen-bond donors (Lipinski definition) is 0. The fourth-order valence-electron chi connectivity index (χ4n) is 3.62. The van der Waals surface area contributed by atoms with Crippen LogP contribution in [0.15, 0.2) is 0 Å². The molecule has 1 saturated carbocycles. The van der Waals surface area contributed by atoms with Crippen molar-refractivity contribution in [1.29, 1.82) is 0 Å². The lowest BCUT2D eigenvalue weighted by molar-refractivity contribution is -0.101. The smallest absolute Gasteiger partial charge is 0.0685 e. The van der Waals surface area contributed by atoms with E-state index in [-0.39, 0.29) is 0 Å². The third-order valence-corrected chi connectivity index (χ3v) is 4.92. The molecule has 1 heterocycles. The summed E-state index contributed by atoms with van der Waals surface area (Å²) >= 11 is 3.69. The Morgan fingerprint density at radius 1 is 1.31 bits per heavy atom. The molecule has 0 amide bonds. The molecule has 0 aromatic heterocycles. The number of rotatable bonds is 3. The maximum absolute atomic E-state index is 6.10. The summed E-state index contributed by atoms with van der Waals surface area (Å²) in [6, 6.07) is 0. The zero-order chi connectivity index (χ0) is 11.6. The summed E-state index contributed by atoms with van der Waals surface area (Å²) in [5.74, 6) is 1.74. The predicted molar refractivity (Wildman–Crippen MR) is 72.0 cm³/mol. The number of halogens is 1. The van der Waals surface area contributed by atoms with Crippen molar-refractivity contribution < 1.29 is 4.74 Å². The van der Waals surface area contributed by atoms with Gasteiger partial charge in [-0.1, -0.05) is 42.6 Å². The Morgan fingerprint density at radius 2 is 2.00 bits per heavy atom. The van der Waals surface area contributed by atoms with Gasteiger partial charge in [0.05, 0.1) is 5.60 Å². The molecule has 1 spiro atoms. The molecule has 0 N–H and O–H groups in total. The van der Waals surface area contributed by atoms with Crippen molar-refractivity contribution in [3.05, 3.63) is 0 Å². The molecule has 2 heteroatoms. The summed E-state index contributed by atoms with van der Waals surface area (Å²) in [6.45, 7) is 5.70. The Hall–Kier alpha value is 0.440. The molecular formula is C14H25BrO. The first-order valence-electron chi connectivity index (χ1n) is 6.89. The van der Waals surface area contributed by atoms with Crippen molar-refractivity contribution >= 4 is 15.9 Å². The molecule has 2 aliphatic rings. The molecular weight excluding hydrogens is 264 g/mol. The van der Waals surface area contributed by atoms with E-state index in [1.165, 1.54) is 44.9 Å². The minimum atomic E-state index is 0.298. The van der Waals surface area contributed by atoms with Crippen molar-refractivity contribution in [1.82, 2.24) is 0 Å². The van der Waals surface area contributed by atoms with Crippen LogP contribution in [0.1, 0.15) is 58.8 Å². The van der Waals surface area contributed by atoms with E-state index in [0.29, 0.717) is 10.4 Å². The van der Waals surface area contributed by atoms with Crippen molar-refractivity contribution in [3.8, 4) is 0 Å². The van der Waals surface area contributed by atoms with Gasteiger partial charge in [0, 0.05) is 11.4 Å². The SMILES string of the molecule is CC(Br)CC(C)C1CCOC2(CCCC2)C1. The third kappa shape index (κ3) is 3.01. The monoisotopic (exact) mass is 288 g/mol. The van der Waals surface area contributed by atoms with Crippen molar-refractivity contribution in [3.63, 3.8) is 0 Å². The van der Waals surface area contributed by atoms with Crippen LogP contribution in [0.3, 0.4) is 0 Å². The first-order chi connectivity index (χ1) is 7.61. The third-order valence-electron chi connectivity index (χ3n) is 4.55. The summed E-state index contributed by atoms with van der Waals surface area (Å²) in [7, 11) is 0. The quantitative estimate of drug-likeness (QED) is 0.693. The lowest BCUT2D eigenvalue weighted by atomic mass is 9.77. The standard InChI is InChI=1S/C14H25BrO/c1-11(9-12(2)15)13-5-8-16-14(10-13)6-3-4-7-14/h11-13H,3-10H2,1-2H3. The van der Waals surface area contributed by atoms with Crippen molar-refractivity contribution in [2.75, 3.05) is 6.61 Å². The molecule has 0 aromatic carbocycles. The molecule has 1 aliphatic carbocycles. The van der Waals surface area contributed by atoms with Gasteiger partial charge in [-0.3, -0.25) is 0 Å². The van der Waals surface area contributed by atoms with Crippen LogP contribution in [-0.2, 0) is 4.74 Å².